The van der Waals surface area contributed by atoms with Crippen molar-refractivity contribution < 1.29 is 19.1 Å². The third kappa shape index (κ3) is 5.93. The molecule has 5 heteroatoms. The molecule has 1 aromatic carbocycles. The first kappa shape index (κ1) is 19.0. The molecular formula is C18H27NO4. The average Bonchev–Trinajstić information content (AvgIpc) is 2.57. The van der Waals surface area contributed by atoms with Crippen molar-refractivity contribution in [3.05, 3.63) is 29.8 Å². The number of carbonyl (C=O) groups is 2. The van der Waals surface area contributed by atoms with Crippen molar-refractivity contribution in [2.24, 2.45) is 5.92 Å². The van der Waals surface area contributed by atoms with Gasteiger partial charge in [-0.15, -0.1) is 0 Å². The van der Waals surface area contributed by atoms with Gasteiger partial charge in [0, 0.05) is 12.6 Å². The highest BCUT2D eigenvalue weighted by molar-refractivity contribution is 5.79. The fourth-order valence-corrected chi connectivity index (χ4v) is 2.18. The van der Waals surface area contributed by atoms with Gasteiger partial charge in [-0.1, -0.05) is 31.5 Å². The van der Waals surface area contributed by atoms with Gasteiger partial charge in [0.25, 0.3) is 5.91 Å². The summed E-state index contributed by atoms with van der Waals surface area (Å²) in [4.78, 5) is 25.8. The Bertz CT molecular complexity index is 512. The molecule has 2 unspecified atom stereocenters. The molecule has 0 saturated carbocycles. The van der Waals surface area contributed by atoms with Gasteiger partial charge in [0.05, 0.1) is 13.0 Å². The number of nitrogens with zero attached hydrogens (tertiary/aromatic N) is 1. The second kappa shape index (κ2) is 9.18. The molecule has 0 bridgehead atoms. The molecule has 0 heterocycles. The number of esters is 1. The van der Waals surface area contributed by atoms with E-state index < -0.39 is 0 Å². The van der Waals surface area contributed by atoms with Crippen LogP contribution in [0, 0.1) is 12.8 Å². The molecule has 0 spiro atoms. The molecule has 0 aliphatic carbocycles. The Hall–Kier alpha value is -2.04. The van der Waals surface area contributed by atoms with Gasteiger partial charge >= 0.3 is 5.97 Å². The first-order valence-corrected chi connectivity index (χ1v) is 7.95. The minimum absolute atomic E-state index is 0.0382. The first-order valence-electron chi connectivity index (χ1n) is 7.95. The summed E-state index contributed by atoms with van der Waals surface area (Å²) in [6.45, 7) is 8.02. The minimum atomic E-state index is -0.364. The Morgan fingerprint density at radius 1 is 1.17 bits per heavy atom. The van der Waals surface area contributed by atoms with Gasteiger partial charge in [0.1, 0.15) is 5.75 Å². The molecule has 2 atom stereocenters. The second-order valence-electron chi connectivity index (χ2n) is 5.83. The normalized spacial score (nSPS) is 13.1. The van der Waals surface area contributed by atoms with Crippen LogP contribution in [0.4, 0.5) is 0 Å². The summed E-state index contributed by atoms with van der Waals surface area (Å²) >= 11 is 0. The van der Waals surface area contributed by atoms with Crippen LogP contribution in [0.25, 0.3) is 0 Å². The second-order valence-corrected chi connectivity index (χ2v) is 5.83. The van der Waals surface area contributed by atoms with E-state index in [0.717, 1.165) is 12.0 Å². The van der Waals surface area contributed by atoms with Crippen molar-refractivity contribution in [1.29, 1.82) is 0 Å². The molecule has 0 aromatic heterocycles. The smallest absolute Gasteiger partial charge is 0.310 e. The molecule has 1 rings (SSSR count). The Labute approximate surface area is 138 Å². The molecular weight excluding hydrogens is 294 g/mol. The number of ether oxygens (including phenoxy) is 2. The van der Waals surface area contributed by atoms with E-state index in [0.29, 0.717) is 12.3 Å². The minimum Gasteiger partial charge on any atom is -0.484 e. The van der Waals surface area contributed by atoms with Crippen molar-refractivity contribution >= 4 is 11.9 Å². The molecule has 0 fully saturated rings. The monoisotopic (exact) mass is 321 g/mol. The maximum Gasteiger partial charge on any atom is 0.310 e. The largest absolute Gasteiger partial charge is 0.484 e. The molecule has 23 heavy (non-hydrogen) atoms. The number of rotatable bonds is 8. The number of hydrogen-bond donors (Lipinski definition) is 0. The summed E-state index contributed by atoms with van der Waals surface area (Å²) in [5, 5.41) is 0. The molecule has 0 N–H and O–H groups in total. The lowest BCUT2D eigenvalue weighted by atomic mass is 10.1. The molecule has 0 aliphatic heterocycles. The number of hydrogen-bond acceptors (Lipinski definition) is 4. The van der Waals surface area contributed by atoms with E-state index >= 15 is 0 Å². The third-order valence-corrected chi connectivity index (χ3v) is 3.90. The summed E-state index contributed by atoms with van der Waals surface area (Å²) in [7, 11) is 1.36. The standard InChI is InChI=1S/C18H27NO4/c1-6-15(4)19(11-14(3)18(21)22-5)17(20)12-23-16-9-7-13(2)8-10-16/h7-10,14-15H,6,11-12H2,1-5H3. The van der Waals surface area contributed by atoms with Crippen molar-refractivity contribution in [3.63, 3.8) is 0 Å². The highest BCUT2D eigenvalue weighted by Gasteiger charge is 2.25. The SMILES string of the molecule is CCC(C)N(CC(C)C(=O)OC)C(=O)COc1ccc(C)cc1. The Balaban J connectivity index is 2.68. The van der Waals surface area contributed by atoms with Crippen LogP contribution in [0.1, 0.15) is 32.8 Å². The zero-order valence-electron chi connectivity index (χ0n) is 14.7. The van der Waals surface area contributed by atoms with Crippen molar-refractivity contribution in [2.75, 3.05) is 20.3 Å². The van der Waals surface area contributed by atoms with Crippen LogP contribution in [-0.2, 0) is 14.3 Å². The molecule has 5 nitrogen and oxygen atoms in total. The highest BCUT2D eigenvalue weighted by Crippen LogP contribution is 2.13. The molecule has 0 radical (unpaired) electrons. The topological polar surface area (TPSA) is 55.8 Å². The maximum atomic E-state index is 12.5. The van der Waals surface area contributed by atoms with Crippen LogP contribution in [-0.4, -0.2) is 43.1 Å². The van der Waals surface area contributed by atoms with E-state index in [2.05, 4.69) is 0 Å². The predicted octanol–water partition coefficient (Wildman–Crippen LogP) is 2.81. The van der Waals surface area contributed by atoms with Crippen molar-refractivity contribution in [2.45, 2.75) is 40.2 Å². The number of carbonyl (C=O) groups excluding carboxylic acids is 2. The summed E-state index contributed by atoms with van der Waals surface area (Å²) in [6.07, 6.45) is 0.810. The van der Waals surface area contributed by atoms with Gasteiger partial charge in [-0.25, -0.2) is 0 Å². The van der Waals surface area contributed by atoms with Gasteiger partial charge in [-0.05, 0) is 32.4 Å². The number of amides is 1. The summed E-state index contributed by atoms with van der Waals surface area (Å²) in [6, 6.07) is 7.59. The highest BCUT2D eigenvalue weighted by atomic mass is 16.5. The van der Waals surface area contributed by atoms with Crippen LogP contribution in [0.5, 0.6) is 5.75 Å². The summed E-state index contributed by atoms with van der Waals surface area (Å²) in [5.41, 5.74) is 1.14. The fraction of sp³-hybridized carbons (Fsp3) is 0.556. The van der Waals surface area contributed by atoms with Crippen LogP contribution in [0.15, 0.2) is 24.3 Å². The first-order chi connectivity index (χ1) is 10.9. The van der Waals surface area contributed by atoms with E-state index in [1.807, 2.05) is 45.0 Å². The average molecular weight is 321 g/mol. The quantitative estimate of drug-likeness (QED) is 0.691. The number of benzene rings is 1. The lowest BCUT2D eigenvalue weighted by Gasteiger charge is -2.30. The van der Waals surface area contributed by atoms with Gasteiger partial charge in [-0.3, -0.25) is 9.59 Å². The Morgan fingerprint density at radius 2 is 1.78 bits per heavy atom. The van der Waals surface area contributed by atoms with E-state index in [1.54, 1.807) is 11.8 Å². The van der Waals surface area contributed by atoms with E-state index in [1.165, 1.54) is 7.11 Å². The van der Waals surface area contributed by atoms with Crippen LogP contribution in [0.3, 0.4) is 0 Å². The molecule has 1 aromatic rings. The van der Waals surface area contributed by atoms with E-state index in [4.69, 9.17) is 9.47 Å². The molecule has 0 aliphatic rings. The van der Waals surface area contributed by atoms with Gasteiger partial charge in [0.2, 0.25) is 0 Å². The zero-order valence-corrected chi connectivity index (χ0v) is 14.7. The molecule has 0 saturated heterocycles. The Kier molecular flexibility index (Phi) is 7.59. The summed E-state index contributed by atoms with van der Waals surface area (Å²) in [5.74, 6) is -0.146. The lowest BCUT2D eigenvalue weighted by Crippen LogP contribution is -2.44. The van der Waals surface area contributed by atoms with Crippen LogP contribution in [0.2, 0.25) is 0 Å². The number of aryl methyl sites for hydroxylation is 1. The maximum absolute atomic E-state index is 12.5. The zero-order chi connectivity index (χ0) is 17.4. The fourth-order valence-electron chi connectivity index (χ4n) is 2.18. The van der Waals surface area contributed by atoms with Crippen LogP contribution < -0.4 is 4.74 Å². The van der Waals surface area contributed by atoms with Gasteiger partial charge in [-0.2, -0.15) is 0 Å². The lowest BCUT2D eigenvalue weighted by molar-refractivity contribution is -0.147. The van der Waals surface area contributed by atoms with E-state index in [-0.39, 0.29) is 30.4 Å². The molecule has 1 amide bonds. The summed E-state index contributed by atoms with van der Waals surface area (Å²) < 4.78 is 10.3. The molecule has 128 valence electrons. The third-order valence-electron chi connectivity index (χ3n) is 3.90. The van der Waals surface area contributed by atoms with Crippen molar-refractivity contribution in [1.82, 2.24) is 4.90 Å². The van der Waals surface area contributed by atoms with Crippen molar-refractivity contribution in [3.8, 4) is 5.75 Å². The van der Waals surface area contributed by atoms with Crippen LogP contribution >= 0.6 is 0 Å². The number of methoxy groups -OCH3 is 1. The van der Waals surface area contributed by atoms with Gasteiger partial charge < -0.3 is 14.4 Å². The predicted molar refractivity (Wildman–Crippen MR) is 89.3 cm³/mol. The van der Waals surface area contributed by atoms with Gasteiger partial charge in [0.15, 0.2) is 6.61 Å². The van der Waals surface area contributed by atoms with E-state index in [9.17, 15) is 9.59 Å². The Morgan fingerprint density at radius 3 is 2.30 bits per heavy atom.